The Bertz CT molecular complexity index is 393. The maximum Gasteiger partial charge on any atom is 0.253 e. The summed E-state index contributed by atoms with van der Waals surface area (Å²) in [5, 5.41) is 2.78. The fourth-order valence-electron chi connectivity index (χ4n) is 2.71. The molecule has 3 amide bonds. The molecule has 6 heteroatoms. The van der Waals surface area contributed by atoms with Gasteiger partial charge in [0.2, 0.25) is 5.91 Å². The molecule has 0 saturated heterocycles. The zero-order valence-electron chi connectivity index (χ0n) is 10.8. The summed E-state index contributed by atoms with van der Waals surface area (Å²) < 4.78 is 0. The van der Waals surface area contributed by atoms with Crippen LogP contribution in [0.1, 0.15) is 25.7 Å². The summed E-state index contributed by atoms with van der Waals surface area (Å²) in [4.78, 5) is 36.2. The molecule has 6 nitrogen and oxygen atoms in total. The van der Waals surface area contributed by atoms with Crippen LogP contribution in [-0.4, -0.2) is 41.8 Å². The highest BCUT2D eigenvalue weighted by Gasteiger charge is 2.35. The average molecular weight is 265 g/mol. The van der Waals surface area contributed by atoms with Crippen LogP contribution in [0.2, 0.25) is 0 Å². The van der Waals surface area contributed by atoms with Crippen LogP contribution in [0.3, 0.4) is 0 Å². The number of nitrogens with two attached hydrogens (primary N) is 1. The molecule has 2 aliphatic rings. The number of rotatable bonds is 4. The van der Waals surface area contributed by atoms with Crippen LogP contribution in [0, 0.1) is 5.92 Å². The van der Waals surface area contributed by atoms with Crippen LogP contribution in [0.4, 0.5) is 0 Å². The molecule has 0 bridgehead atoms. The predicted octanol–water partition coefficient (Wildman–Crippen LogP) is -0.455. The van der Waals surface area contributed by atoms with E-state index in [0.29, 0.717) is 38.8 Å². The van der Waals surface area contributed by atoms with E-state index in [9.17, 15) is 14.4 Å². The molecular weight excluding hydrogens is 246 g/mol. The average Bonchev–Trinajstić information content (AvgIpc) is 2.76. The van der Waals surface area contributed by atoms with Crippen molar-refractivity contribution in [1.29, 1.82) is 0 Å². The summed E-state index contributed by atoms with van der Waals surface area (Å²) in [6.07, 6.45) is 5.42. The first kappa shape index (κ1) is 13.7. The molecule has 0 unspecified atom stereocenters. The molecule has 0 atom stereocenters. The van der Waals surface area contributed by atoms with Crippen LogP contribution in [0.5, 0.6) is 0 Å². The van der Waals surface area contributed by atoms with E-state index in [-0.39, 0.29) is 29.7 Å². The van der Waals surface area contributed by atoms with Gasteiger partial charge in [-0.25, -0.2) is 0 Å². The van der Waals surface area contributed by atoms with Crippen molar-refractivity contribution in [3.8, 4) is 0 Å². The van der Waals surface area contributed by atoms with Crippen molar-refractivity contribution in [2.45, 2.75) is 31.7 Å². The van der Waals surface area contributed by atoms with Gasteiger partial charge in [0.05, 0.1) is 0 Å². The Balaban J connectivity index is 1.84. The molecule has 3 N–H and O–H groups in total. The molecule has 0 radical (unpaired) electrons. The molecule has 0 aromatic heterocycles. The second-order valence-corrected chi connectivity index (χ2v) is 4.96. The highest BCUT2D eigenvalue weighted by atomic mass is 16.2. The highest BCUT2D eigenvalue weighted by Crippen LogP contribution is 2.29. The monoisotopic (exact) mass is 265 g/mol. The first-order valence-electron chi connectivity index (χ1n) is 6.66. The Morgan fingerprint density at radius 1 is 1.21 bits per heavy atom. The smallest absolute Gasteiger partial charge is 0.253 e. The summed E-state index contributed by atoms with van der Waals surface area (Å²) in [5.41, 5.74) is 5.34. The Kier molecular flexibility index (Phi) is 4.31. The number of amides is 3. The third-order valence-electron chi connectivity index (χ3n) is 3.72. The molecule has 0 spiro atoms. The van der Waals surface area contributed by atoms with Crippen molar-refractivity contribution < 1.29 is 14.4 Å². The van der Waals surface area contributed by atoms with E-state index in [4.69, 9.17) is 5.73 Å². The molecule has 1 heterocycles. The third-order valence-corrected chi connectivity index (χ3v) is 3.72. The van der Waals surface area contributed by atoms with E-state index in [0.717, 1.165) is 0 Å². The second-order valence-electron chi connectivity index (χ2n) is 4.96. The second kappa shape index (κ2) is 5.97. The quantitative estimate of drug-likeness (QED) is 0.673. The topological polar surface area (TPSA) is 92.5 Å². The Morgan fingerprint density at radius 2 is 1.79 bits per heavy atom. The molecular formula is C13H19N3O3. The van der Waals surface area contributed by atoms with Crippen LogP contribution in [0.15, 0.2) is 12.2 Å². The lowest BCUT2D eigenvalue weighted by Gasteiger charge is -2.32. The maximum absolute atomic E-state index is 11.8. The largest absolute Gasteiger partial charge is 0.355 e. The van der Waals surface area contributed by atoms with Gasteiger partial charge in [-0.3, -0.25) is 19.3 Å². The first-order valence-corrected chi connectivity index (χ1v) is 6.66. The zero-order chi connectivity index (χ0) is 13.8. The summed E-state index contributed by atoms with van der Waals surface area (Å²) >= 11 is 0. The first-order chi connectivity index (χ1) is 9.13. The van der Waals surface area contributed by atoms with Crippen molar-refractivity contribution in [2.75, 3.05) is 13.1 Å². The Hall–Kier alpha value is -1.69. The predicted molar refractivity (Wildman–Crippen MR) is 68.8 cm³/mol. The lowest BCUT2D eigenvalue weighted by Crippen LogP contribution is -2.44. The zero-order valence-corrected chi connectivity index (χ0v) is 10.8. The van der Waals surface area contributed by atoms with Crippen LogP contribution >= 0.6 is 0 Å². The van der Waals surface area contributed by atoms with Crippen molar-refractivity contribution in [3.05, 3.63) is 12.2 Å². The summed E-state index contributed by atoms with van der Waals surface area (Å²) in [6.45, 7) is 0.926. The van der Waals surface area contributed by atoms with Gasteiger partial charge in [0.1, 0.15) is 0 Å². The van der Waals surface area contributed by atoms with E-state index in [2.05, 4.69) is 5.32 Å². The van der Waals surface area contributed by atoms with E-state index in [1.165, 1.54) is 17.1 Å². The van der Waals surface area contributed by atoms with Gasteiger partial charge in [-0.2, -0.15) is 0 Å². The number of hydrogen-bond donors (Lipinski definition) is 2. The fourth-order valence-corrected chi connectivity index (χ4v) is 2.71. The van der Waals surface area contributed by atoms with Crippen LogP contribution < -0.4 is 11.1 Å². The Labute approximate surface area is 112 Å². The molecule has 104 valence electrons. The molecule has 0 aromatic carbocycles. The van der Waals surface area contributed by atoms with Crippen LogP contribution in [0.25, 0.3) is 0 Å². The minimum atomic E-state index is -0.235. The molecule has 2 rings (SSSR count). The summed E-state index contributed by atoms with van der Waals surface area (Å²) in [6, 6.07) is -0.0615. The molecule has 1 saturated carbocycles. The molecule has 1 fully saturated rings. The van der Waals surface area contributed by atoms with Crippen LogP contribution in [-0.2, 0) is 14.4 Å². The van der Waals surface area contributed by atoms with E-state index >= 15 is 0 Å². The number of carbonyl (C=O) groups is 3. The van der Waals surface area contributed by atoms with Crippen molar-refractivity contribution >= 4 is 17.7 Å². The molecule has 0 aromatic rings. The van der Waals surface area contributed by atoms with Crippen molar-refractivity contribution in [2.24, 2.45) is 11.7 Å². The number of nitrogens with one attached hydrogen (secondary N) is 1. The van der Waals surface area contributed by atoms with Gasteiger partial charge in [0.25, 0.3) is 11.8 Å². The standard InChI is InChI=1S/C13H19N3O3/c14-7-8-15-13(19)9-1-3-10(4-2-9)16-11(17)5-6-12(16)18/h5-6,9-10H,1-4,7-8,14H2,(H,15,19). The van der Waals surface area contributed by atoms with Gasteiger partial charge in [-0.1, -0.05) is 0 Å². The summed E-state index contributed by atoms with van der Waals surface area (Å²) in [5.74, 6) is -0.466. The van der Waals surface area contributed by atoms with E-state index < -0.39 is 0 Å². The SMILES string of the molecule is NCCNC(=O)C1CCC(N2C(=O)C=CC2=O)CC1. The van der Waals surface area contributed by atoms with E-state index in [1.807, 2.05) is 0 Å². The van der Waals surface area contributed by atoms with Crippen molar-refractivity contribution in [1.82, 2.24) is 10.2 Å². The van der Waals surface area contributed by atoms with Gasteiger partial charge in [-0.05, 0) is 25.7 Å². The molecule has 1 aliphatic carbocycles. The van der Waals surface area contributed by atoms with E-state index in [1.54, 1.807) is 0 Å². The van der Waals surface area contributed by atoms with Gasteiger partial charge in [0.15, 0.2) is 0 Å². The minimum Gasteiger partial charge on any atom is -0.355 e. The highest BCUT2D eigenvalue weighted by molar-refractivity contribution is 6.13. The molecule has 1 aliphatic heterocycles. The number of carbonyl (C=O) groups excluding carboxylic acids is 3. The van der Waals surface area contributed by atoms with Crippen molar-refractivity contribution in [3.63, 3.8) is 0 Å². The van der Waals surface area contributed by atoms with Gasteiger partial charge < -0.3 is 11.1 Å². The summed E-state index contributed by atoms with van der Waals surface area (Å²) in [7, 11) is 0. The number of nitrogens with zero attached hydrogens (tertiary/aromatic N) is 1. The molecule has 19 heavy (non-hydrogen) atoms. The fraction of sp³-hybridized carbons (Fsp3) is 0.615. The number of imide groups is 1. The minimum absolute atomic E-state index is 0.0245. The lowest BCUT2D eigenvalue weighted by molar-refractivity contribution is -0.140. The lowest BCUT2D eigenvalue weighted by atomic mass is 9.84. The third kappa shape index (κ3) is 3.01. The number of hydrogen-bond acceptors (Lipinski definition) is 4. The Morgan fingerprint density at radius 3 is 2.32 bits per heavy atom. The normalized spacial score (nSPS) is 26.9. The van der Waals surface area contributed by atoms with Gasteiger partial charge >= 0.3 is 0 Å². The van der Waals surface area contributed by atoms with Gasteiger partial charge in [-0.15, -0.1) is 0 Å². The maximum atomic E-state index is 11.8. The van der Waals surface area contributed by atoms with Gasteiger partial charge in [0, 0.05) is 37.2 Å².